The molecule has 0 radical (unpaired) electrons. The van der Waals surface area contributed by atoms with Gasteiger partial charge in [-0.05, 0) is 41.7 Å². The zero-order valence-electron chi connectivity index (χ0n) is 15.6. The zero-order chi connectivity index (χ0) is 18.8. The van der Waals surface area contributed by atoms with E-state index < -0.39 is 0 Å². The Bertz CT molecular complexity index is 1220. The first-order valence-electron chi connectivity index (χ1n) is 9.12. The van der Waals surface area contributed by atoms with Crippen LogP contribution in [0.2, 0.25) is 0 Å². The highest BCUT2D eigenvalue weighted by molar-refractivity contribution is 7.21. The van der Waals surface area contributed by atoms with Gasteiger partial charge in [-0.1, -0.05) is 26.0 Å². The lowest BCUT2D eigenvalue weighted by atomic mass is 9.77. The monoisotopic (exact) mass is 376 g/mol. The van der Waals surface area contributed by atoms with Gasteiger partial charge >= 0.3 is 5.63 Å². The van der Waals surface area contributed by atoms with Crippen LogP contribution >= 0.6 is 11.3 Å². The number of rotatable bonds is 1. The van der Waals surface area contributed by atoms with E-state index in [0.29, 0.717) is 16.2 Å². The predicted molar refractivity (Wildman–Crippen MR) is 112 cm³/mol. The third-order valence-corrected chi connectivity index (χ3v) is 6.66. The topological polar surface area (TPSA) is 46.3 Å². The van der Waals surface area contributed by atoms with Crippen molar-refractivity contribution >= 4 is 38.2 Å². The Balaban J connectivity index is 1.74. The van der Waals surface area contributed by atoms with E-state index in [4.69, 9.17) is 4.42 Å². The summed E-state index contributed by atoms with van der Waals surface area (Å²) in [6.45, 7) is 5.55. The second kappa shape index (κ2) is 5.67. The van der Waals surface area contributed by atoms with E-state index in [1.165, 1.54) is 16.9 Å². The maximum absolute atomic E-state index is 12.7. The minimum Gasteiger partial charge on any atom is -0.422 e. The Morgan fingerprint density at radius 1 is 1.19 bits per heavy atom. The molecule has 1 aliphatic rings. The molecule has 0 spiro atoms. The number of hydrogen-bond donors (Lipinski definition) is 0. The number of hydrogen-bond acceptors (Lipinski definition) is 5. The molecule has 0 saturated carbocycles. The molecule has 0 atom stereocenters. The Morgan fingerprint density at radius 3 is 2.81 bits per heavy atom. The molecule has 0 amide bonds. The van der Waals surface area contributed by atoms with Gasteiger partial charge in [-0.3, -0.25) is 0 Å². The van der Waals surface area contributed by atoms with Crippen molar-refractivity contribution in [3.05, 3.63) is 58.4 Å². The molecule has 4 aromatic rings. The van der Waals surface area contributed by atoms with Gasteiger partial charge in [0.2, 0.25) is 0 Å². The molecule has 0 N–H and O–H groups in total. The number of anilines is 1. The number of benzene rings is 2. The smallest absolute Gasteiger partial charge is 0.346 e. The molecule has 136 valence electrons. The molecule has 3 heterocycles. The second-order valence-corrected chi connectivity index (χ2v) is 8.93. The van der Waals surface area contributed by atoms with Crippen molar-refractivity contribution in [1.29, 1.82) is 0 Å². The van der Waals surface area contributed by atoms with Crippen molar-refractivity contribution in [3.8, 4) is 10.6 Å². The van der Waals surface area contributed by atoms with E-state index in [1.54, 1.807) is 0 Å². The summed E-state index contributed by atoms with van der Waals surface area (Å²) < 4.78 is 6.78. The lowest BCUT2D eigenvalue weighted by Crippen LogP contribution is -2.34. The molecule has 0 bridgehead atoms. The molecular formula is C22H20N2O2S. The summed E-state index contributed by atoms with van der Waals surface area (Å²) in [5, 5.41) is 1.66. The molecule has 0 unspecified atom stereocenters. The van der Waals surface area contributed by atoms with Crippen LogP contribution in [0.15, 0.2) is 51.7 Å². The first-order valence-corrected chi connectivity index (χ1v) is 9.93. The molecule has 2 aromatic heterocycles. The van der Waals surface area contributed by atoms with Crippen molar-refractivity contribution in [2.45, 2.75) is 25.7 Å². The summed E-state index contributed by atoms with van der Waals surface area (Å²) >= 11 is 1.52. The number of nitrogens with zero attached hydrogens (tertiary/aromatic N) is 2. The van der Waals surface area contributed by atoms with Gasteiger partial charge < -0.3 is 9.32 Å². The summed E-state index contributed by atoms with van der Waals surface area (Å²) in [7, 11) is 2.09. The Hall–Kier alpha value is -2.66. The van der Waals surface area contributed by atoms with Crippen molar-refractivity contribution in [1.82, 2.24) is 4.98 Å². The van der Waals surface area contributed by atoms with Crippen molar-refractivity contribution in [2.24, 2.45) is 0 Å². The van der Waals surface area contributed by atoms with Crippen LogP contribution in [0.25, 0.3) is 31.8 Å². The molecule has 4 nitrogen and oxygen atoms in total. The third-order valence-electron chi connectivity index (χ3n) is 5.59. The van der Waals surface area contributed by atoms with Gasteiger partial charge in [-0.25, -0.2) is 9.78 Å². The van der Waals surface area contributed by atoms with E-state index in [2.05, 4.69) is 36.8 Å². The van der Waals surface area contributed by atoms with Crippen LogP contribution in [0.5, 0.6) is 0 Å². The number of para-hydroxylation sites is 1. The normalized spacial score (nSPS) is 16.0. The molecule has 0 aliphatic carbocycles. The van der Waals surface area contributed by atoms with Crippen LogP contribution in [-0.2, 0) is 5.41 Å². The fourth-order valence-corrected chi connectivity index (χ4v) is 4.82. The van der Waals surface area contributed by atoms with Crippen LogP contribution in [0.1, 0.15) is 25.8 Å². The maximum atomic E-state index is 12.7. The minimum atomic E-state index is -0.334. The molecule has 27 heavy (non-hydrogen) atoms. The average molecular weight is 376 g/mol. The van der Waals surface area contributed by atoms with E-state index in [1.807, 2.05) is 36.4 Å². The van der Waals surface area contributed by atoms with Crippen molar-refractivity contribution in [3.63, 3.8) is 0 Å². The van der Waals surface area contributed by atoms with Crippen LogP contribution in [-0.4, -0.2) is 18.6 Å². The van der Waals surface area contributed by atoms with Gasteiger partial charge in [-0.2, -0.15) is 0 Å². The Labute approximate surface area is 161 Å². The van der Waals surface area contributed by atoms with Crippen LogP contribution in [0.3, 0.4) is 0 Å². The molecule has 0 saturated heterocycles. The molecule has 5 rings (SSSR count). The number of aromatic nitrogens is 1. The number of fused-ring (bicyclic) bond motifs is 3. The summed E-state index contributed by atoms with van der Waals surface area (Å²) in [5.74, 6) is 0. The second-order valence-electron chi connectivity index (χ2n) is 7.90. The van der Waals surface area contributed by atoms with Crippen LogP contribution < -0.4 is 10.5 Å². The third kappa shape index (κ3) is 2.57. The highest BCUT2D eigenvalue weighted by atomic mass is 32.1. The van der Waals surface area contributed by atoms with E-state index in [0.717, 1.165) is 34.3 Å². The average Bonchev–Trinajstić information content (AvgIpc) is 3.07. The summed E-state index contributed by atoms with van der Waals surface area (Å²) in [6.07, 6.45) is 1.10. The van der Waals surface area contributed by atoms with Gasteiger partial charge in [-0.15, -0.1) is 11.3 Å². The highest BCUT2D eigenvalue weighted by Crippen LogP contribution is 2.41. The first-order chi connectivity index (χ1) is 12.9. The fourth-order valence-electron chi connectivity index (χ4n) is 3.85. The van der Waals surface area contributed by atoms with E-state index in [9.17, 15) is 4.79 Å². The molecule has 0 fully saturated rings. The Kier molecular flexibility index (Phi) is 3.46. The minimum absolute atomic E-state index is 0.0994. The highest BCUT2D eigenvalue weighted by Gasteiger charge is 2.30. The van der Waals surface area contributed by atoms with Gasteiger partial charge in [0.05, 0.1) is 15.8 Å². The van der Waals surface area contributed by atoms with Gasteiger partial charge in [0.1, 0.15) is 10.6 Å². The molecule has 1 aliphatic heterocycles. The fraction of sp³-hybridized carbons (Fsp3) is 0.273. The van der Waals surface area contributed by atoms with Crippen LogP contribution in [0, 0.1) is 0 Å². The van der Waals surface area contributed by atoms with Gasteiger partial charge in [0.15, 0.2) is 0 Å². The molecule has 2 aromatic carbocycles. The van der Waals surface area contributed by atoms with Crippen molar-refractivity contribution < 1.29 is 4.42 Å². The zero-order valence-corrected chi connectivity index (χ0v) is 16.4. The standard InChI is InChI=1S/C22H20N2O2S/c1-22(2)8-9-24(3)17-12-18-13(11-15(17)22)10-14(21(25)26-18)20-23-16-6-4-5-7-19(16)27-20/h4-7,10-12H,8-9H2,1-3H3. The van der Waals surface area contributed by atoms with Crippen LogP contribution in [0.4, 0.5) is 5.69 Å². The van der Waals surface area contributed by atoms with E-state index >= 15 is 0 Å². The maximum Gasteiger partial charge on any atom is 0.346 e. The lowest BCUT2D eigenvalue weighted by Gasteiger charge is -2.38. The molecule has 5 heteroatoms. The SMILES string of the molecule is CN1CCC(C)(C)c2cc3cc(-c4nc5ccccc5s4)c(=O)oc3cc21. The Morgan fingerprint density at radius 2 is 2.00 bits per heavy atom. The predicted octanol–water partition coefficient (Wildman–Crippen LogP) is 5.19. The number of thiazole rings is 1. The van der Waals surface area contributed by atoms with E-state index in [-0.39, 0.29) is 11.0 Å². The lowest BCUT2D eigenvalue weighted by molar-refractivity contribution is 0.462. The first kappa shape index (κ1) is 16.5. The summed E-state index contributed by atoms with van der Waals surface area (Å²) in [5.41, 5.74) is 4.29. The molecular weight excluding hydrogens is 356 g/mol. The largest absolute Gasteiger partial charge is 0.422 e. The van der Waals surface area contributed by atoms with Gasteiger partial charge in [0.25, 0.3) is 0 Å². The van der Waals surface area contributed by atoms with Gasteiger partial charge in [0, 0.05) is 30.7 Å². The quantitative estimate of drug-likeness (QED) is 0.429. The summed E-state index contributed by atoms with van der Waals surface area (Å²) in [4.78, 5) is 19.5. The van der Waals surface area contributed by atoms with Crippen molar-refractivity contribution in [2.75, 3.05) is 18.5 Å². The summed E-state index contributed by atoms with van der Waals surface area (Å²) in [6, 6.07) is 14.1.